The lowest BCUT2D eigenvalue weighted by molar-refractivity contribution is 0.386. The van der Waals surface area contributed by atoms with Crippen molar-refractivity contribution >= 4 is 10.0 Å². The minimum atomic E-state index is -3.26. The first-order chi connectivity index (χ1) is 10.4. The van der Waals surface area contributed by atoms with Gasteiger partial charge < -0.3 is 0 Å². The summed E-state index contributed by atoms with van der Waals surface area (Å²) in [4.78, 5) is 17.0. The van der Waals surface area contributed by atoms with E-state index in [2.05, 4.69) is 19.9 Å². The quantitative estimate of drug-likeness (QED) is 0.848. The molecule has 3 heterocycles. The minimum Gasteiger partial charge on any atom is -0.244 e. The molecule has 0 bridgehead atoms. The van der Waals surface area contributed by atoms with Gasteiger partial charge in [-0.2, -0.15) is 4.31 Å². The Morgan fingerprint density at radius 1 is 1.23 bits per heavy atom. The Labute approximate surface area is 129 Å². The van der Waals surface area contributed by atoms with Gasteiger partial charge in [-0.1, -0.05) is 0 Å². The zero-order valence-electron chi connectivity index (χ0n) is 12.5. The van der Waals surface area contributed by atoms with E-state index in [0.717, 1.165) is 24.1 Å². The number of rotatable bonds is 3. The second-order valence-corrected chi connectivity index (χ2v) is 7.35. The van der Waals surface area contributed by atoms with Crippen molar-refractivity contribution in [2.24, 2.45) is 0 Å². The van der Waals surface area contributed by atoms with E-state index in [-0.39, 0.29) is 6.04 Å². The third-order valence-electron chi connectivity index (χ3n) is 3.66. The summed E-state index contributed by atoms with van der Waals surface area (Å²) < 4.78 is 25.3. The van der Waals surface area contributed by atoms with Crippen LogP contribution in [0.4, 0.5) is 0 Å². The standard InChI is InChI=1S/C14H17N5O2S/c1-10-6-12(11-7-15-9-16-8-11)18-14(17-10)13-4-3-5-19(13)22(2,20)21/h6-9,13H,3-5H2,1-2H3/t13-/m1/s1. The molecule has 2 aromatic rings. The van der Waals surface area contributed by atoms with Crippen molar-refractivity contribution in [3.05, 3.63) is 36.3 Å². The average Bonchev–Trinajstić information content (AvgIpc) is 2.97. The van der Waals surface area contributed by atoms with Crippen LogP contribution < -0.4 is 0 Å². The summed E-state index contributed by atoms with van der Waals surface area (Å²) in [5, 5.41) is 0. The van der Waals surface area contributed by atoms with Crippen molar-refractivity contribution in [1.29, 1.82) is 0 Å². The number of hydrogen-bond acceptors (Lipinski definition) is 6. The Morgan fingerprint density at radius 2 is 1.95 bits per heavy atom. The smallest absolute Gasteiger partial charge is 0.211 e. The van der Waals surface area contributed by atoms with E-state index in [1.165, 1.54) is 16.9 Å². The molecule has 0 radical (unpaired) electrons. The zero-order chi connectivity index (χ0) is 15.7. The van der Waals surface area contributed by atoms with Gasteiger partial charge in [-0.25, -0.2) is 28.4 Å². The number of nitrogens with zero attached hydrogens (tertiary/aromatic N) is 5. The van der Waals surface area contributed by atoms with Crippen LogP contribution in [-0.4, -0.2) is 45.5 Å². The first-order valence-corrected chi connectivity index (χ1v) is 8.88. The van der Waals surface area contributed by atoms with E-state index in [4.69, 9.17) is 0 Å². The molecule has 3 rings (SSSR count). The summed E-state index contributed by atoms with van der Waals surface area (Å²) in [5.74, 6) is 0.543. The van der Waals surface area contributed by atoms with Crippen molar-refractivity contribution in [3.63, 3.8) is 0 Å². The highest BCUT2D eigenvalue weighted by Gasteiger charge is 2.34. The maximum atomic E-state index is 11.9. The summed E-state index contributed by atoms with van der Waals surface area (Å²) in [6.45, 7) is 2.39. The van der Waals surface area contributed by atoms with Crippen molar-refractivity contribution in [2.75, 3.05) is 12.8 Å². The third kappa shape index (κ3) is 2.97. The molecule has 1 saturated heterocycles. The molecule has 0 saturated carbocycles. The molecule has 0 N–H and O–H groups in total. The third-order valence-corrected chi connectivity index (χ3v) is 4.94. The van der Waals surface area contributed by atoms with Gasteiger partial charge in [0.1, 0.15) is 12.2 Å². The van der Waals surface area contributed by atoms with Crippen LogP contribution >= 0.6 is 0 Å². The Kier molecular flexibility index (Phi) is 3.88. The first-order valence-electron chi connectivity index (χ1n) is 7.03. The van der Waals surface area contributed by atoms with E-state index >= 15 is 0 Å². The molecular formula is C14H17N5O2S. The highest BCUT2D eigenvalue weighted by Crippen LogP contribution is 2.32. The minimum absolute atomic E-state index is 0.293. The number of aryl methyl sites for hydroxylation is 1. The molecule has 0 amide bonds. The zero-order valence-corrected chi connectivity index (χ0v) is 13.3. The summed E-state index contributed by atoms with van der Waals surface area (Å²) in [7, 11) is -3.26. The van der Waals surface area contributed by atoms with Crippen LogP contribution in [0.15, 0.2) is 24.8 Å². The fourth-order valence-corrected chi connectivity index (χ4v) is 3.84. The fourth-order valence-electron chi connectivity index (χ4n) is 2.71. The Bertz CT molecular complexity index is 779. The maximum Gasteiger partial charge on any atom is 0.211 e. The van der Waals surface area contributed by atoms with Gasteiger partial charge in [-0.05, 0) is 25.8 Å². The van der Waals surface area contributed by atoms with Gasteiger partial charge >= 0.3 is 0 Å². The van der Waals surface area contributed by atoms with Crippen LogP contribution in [0.3, 0.4) is 0 Å². The van der Waals surface area contributed by atoms with Crippen LogP contribution in [-0.2, 0) is 10.0 Å². The van der Waals surface area contributed by atoms with E-state index in [1.54, 1.807) is 12.4 Å². The summed E-state index contributed by atoms with van der Waals surface area (Å²) in [6.07, 6.45) is 7.61. The molecule has 7 nitrogen and oxygen atoms in total. The van der Waals surface area contributed by atoms with Gasteiger partial charge in [0.15, 0.2) is 0 Å². The second kappa shape index (κ2) is 5.69. The summed E-state index contributed by atoms with van der Waals surface area (Å²) in [6, 6.07) is 1.56. The van der Waals surface area contributed by atoms with Crippen LogP contribution in [0.2, 0.25) is 0 Å². The highest BCUT2D eigenvalue weighted by molar-refractivity contribution is 7.88. The molecule has 1 fully saturated rings. The topological polar surface area (TPSA) is 88.9 Å². The molecule has 2 aromatic heterocycles. The lowest BCUT2D eigenvalue weighted by Crippen LogP contribution is -2.30. The van der Waals surface area contributed by atoms with Gasteiger partial charge in [0, 0.05) is 30.2 Å². The van der Waals surface area contributed by atoms with E-state index in [9.17, 15) is 8.42 Å². The van der Waals surface area contributed by atoms with Gasteiger partial charge in [0.25, 0.3) is 0 Å². The molecule has 0 aliphatic carbocycles. The summed E-state index contributed by atoms with van der Waals surface area (Å²) in [5.41, 5.74) is 2.30. The summed E-state index contributed by atoms with van der Waals surface area (Å²) >= 11 is 0. The van der Waals surface area contributed by atoms with E-state index in [1.807, 2.05) is 13.0 Å². The fraction of sp³-hybridized carbons (Fsp3) is 0.429. The van der Waals surface area contributed by atoms with Gasteiger partial charge in [-0.15, -0.1) is 0 Å². The van der Waals surface area contributed by atoms with Crippen LogP contribution in [0.5, 0.6) is 0 Å². The lowest BCUT2D eigenvalue weighted by Gasteiger charge is -2.21. The number of sulfonamides is 1. The predicted molar refractivity (Wildman–Crippen MR) is 81.3 cm³/mol. The molecule has 0 aromatic carbocycles. The Balaban J connectivity index is 2.03. The van der Waals surface area contributed by atoms with Crippen LogP contribution in [0.25, 0.3) is 11.3 Å². The largest absolute Gasteiger partial charge is 0.244 e. The van der Waals surface area contributed by atoms with Gasteiger partial charge in [0.05, 0.1) is 18.0 Å². The van der Waals surface area contributed by atoms with Crippen molar-refractivity contribution in [1.82, 2.24) is 24.2 Å². The monoisotopic (exact) mass is 319 g/mol. The maximum absolute atomic E-state index is 11.9. The van der Waals surface area contributed by atoms with Gasteiger partial charge in [-0.3, -0.25) is 0 Å². The molecule has 1 atom stereocenters. The van der Waals surface area contributed by atoms with E-state index in [0.29, 0.717) is 18.1 Å². The number of aromatic nitrogens is 4. The molecule has 116 valence electrons. The van der Waals surface area contributed by atoms with Crippen LogP contribution in [0.1, 0.15) is 30.4 Å². The van der Waals surface area contributed by atoms with Crippen LogP contribution in [0, 0.1) is 6.92 Å². The van der Waals surface area contributed by atoms with Crippen molar-refractivity contribution in [3.8, 4) is 11.3 Å². The Morgan fingerprint density at radius 3 is 2.64 bits per heavy atom. The highest BCUT2D eigenvalue weighted by atomic mass is 32.2. The predicted octanol–water partition coefficient (Wildman–Crippen LogP) is 1.34. The average molecular weight is 319 g/mol. The molecule has 0 unspecified atom stereocenters. The SMILES string of the molecule is Cc1cc(-c2cncnc2)nc([C@H]2CCCN2S(C)(=O)=O)n1. The number of hydrogen-bond donors (Lipinski definition) is 0. The van der Waals surface area contributed by atoms with E-state index < -0.39 is 10.0 Å². The lowest BCUT2D eigenvalue weighted by atomic mass is 10.1. The second-order valence-electron chi connectivity index (χ2n) is 5.41. The molecule has 1 aliphatic heterocycles. The van der Waals surface area contributed by atoms with Gasteiger partial charge in [0.2, 0.25) is 10.0 Å². The Hall–Kier alpha value is -1.93. The first kappa shape index (κ1) is 15.0. The molecular weight excluding hydrogens is 302 g/mol. The molecule has 1 aliphatic rings. The molecule has 22 heavy (non-hydrogen) atoms. The molecule has 8 heteroatoms. The van der Waals surface area contributed by atoms with Crippen molar-refractivity contribution < 1.29 is 8.42 Å². The molecule has 0 spiro atoms. The normalized spacial score (nSPS) is 19.5. The van der Waals surface area contributed by atoms with Crippen molar-refractivity contribution in [2.45, 2.75) is 25.8 Å².